The zero-order valence-electron chi connectivity index (χ0n) is 10.6. The SMILES string of the molecule is CCCCc1nc(O)c(-c2ccccc2Cl)c(=O)[nH]1. The van der Waals surface area contributed by atoms with Crippen molar-refractivity contribution in [3.63, 3.8) is 0 Å². The lowest BCUT2D eigenvalue weighted by Crippen LogP contribution is -2.14. The lowest BCUT2D eigenvalue weighted by atomic mass is 10.1. The molecule has 0 saturated carbocycles. The second-order valence-corrected chi connectivity index (χ2v) is 4.70. The first-order chi connectivity index (χ1) is 9.13. The number of aromatic nitrogens is 2. The van der Waals surface area contributed by atoms with E-state index in [2.05, 4.69) is 16.9 Å². The highest BCUT2D eigenvalue weighted by atomic mass is 35.5. The van der Waals surface area contributed by atoms with Crippen molar-refractivity contribution in [1.82, 2.24) is 9.97 Å². The van der Waals surface area contributed by atoms with E-state index >= 15 is 0 Å². The fourth-order valence-electron chi connectivity index (χ4n) is 1.88. The van der Waals surface area contributed by atoms with Crippen molar-refractivity contribution in [2.24, 2.45) is 0 Å². The molecule has 2 rings (SSSR count). The van der Waals surface area contributed by atoms with Crippen molar-refractivity contribution in [3.8, 4) is 17.0 Å². The first kappa shape index (κ1) is 13.6. The van der Waals surface area contributed by atoms with Gasteiger partial charge in [0.1, 0.15) is 11.4 Å². The molecule has 19 heavy (non-hydrogen) atoms. The summed E-state index contributed by atoms with van der Waals surface area (Å²) in [7, 11) is 0. The van der Waals surface area contributed by atoms with Gasteiger partial charge in [0.25, 0.3) is 5.56 Å². The number of benzene rings is 1. The molecule has 0 bridgehead atoms. The topological polar surface area (TPSA) is 66.0 Å². The van der Waals surface area contributed by atoms with Crippen molar-refractivity contribution < 1.29 is 5.11 Å². The van der Waals surface area contributed by atoms with Crippen LogP contribution in [0.2, 0.25) is 5.02 Å². The van der Waals surface area contributed by atoms with Gasteiger partial charge in [0, 0.05) is 17.0 Å². The van der Waals surface area contributed by atoms with E-state index in [1.54, 1.807) is 24.3 Å². The standard InChI is InChI=1S/C14H15ClN2O2/c1-2-3-8-11-16-13(18)12(14(19)17-11)9-6-4-5-7-10(9)15/h4-7H,2-3,8H2,1H3,(H2,16,17,18,19). The fourth-order valence-corrected chi connectivity index (χ4v) is 2.11. The van der Waals surface area contributed by atoms with Gasteiger partial charge in [-0.1, -0.05) is 43.1 Å². The smallest absolute Gasteiger partial charge is 0.262 e. The first-order valence-corrected chi connectivity index (χ1v) is 6.58. The summed E-state index contributed by atoms with van der Waals surface area (Å²) in [6.45, 7) is 2.05. The fraction of sp³-hybridized carbons (Fsp3) is 0.286. The van der Waals surface area contributed by atoms with Crippen LogP contribution < -0.4 is 5.56 Å². The molecule has 1 aromatic carbocycles. The summed E-state index contributed by atoms with van der Waals surface area (Å²) in [5.41, 5.74) is 0.231. The molecular formula is C14H15ClN2O2. The van der Waals surface area contributed by atoms with Gasteiger partial charge in [0.05, 0.1) is 0 Å². The van der Waals surface area contributed by atoms with Crippen molar-refractivity contribution in [2.75, 3.05) is 0 Å². The molecule has 100 valence electrons. The van der Waals surface area contributed by atoms with E-state index in [0.29, 0.717) is 22.8 Å². The Kier molecular flexibility index (Phi) is 4.22. The normalized spacial score (nSPS) is 10.6. The summed E-state index contributed by atoms with van der Waals surface area (Å²) in [5.74, 6) is 0.225. The Hall–Kier alpha value is -1.81. The van der Waals surface area contributed by atoms with Crippen molar-refractivity contribution in [1.29, 1.82) is 0 Å². The molecule has 0 aliphatic heterocycles. The summed E-state index contributed by atoms with van der Waals surface area (Å²) in [4.78, 5) is 18.8. The van der Waals surface area contributed by atoms with Crippen LogP contribution in [0.15, 0.2) is 29.1 Å². The lowest BCUT2D eigenvalue weighted by Gasteiger charge is -2.07. The average Bonchev–Trinajstić information content (AvgIpc) is 2.38. The molecule has 5 heteroatoms. The van der Waals surface area contributed by atoms with Gasteiger partial charge >= 0.3 is 0 Å². The van der Waals surface area contributed by atoms with E-state index in [0.717, 1.165) is 12.8 Å². The predicted octanol–water partition coefficient (Wildman–Crippen LogP) is 3.14. The van der Waals surface area contributed by atoms with Crippen LogP contribution >= 0.6 is 11.6 Å². The van der Waals surface area contributed by atoms with Crippen molar-refractivity contribution in [3.05, 3.63) is 45.5 Å². The second-order valence-electron chi connectivity index (χ2n) is 4.29. The molecule has 2 aromatic rings. The number of hydrogen-bond acceptors (Lipinski definition) is 3. The third-order valence-electron chi connectivity index (χ3n) is 2.86. The predicted molar refractivity (Wildman–Crippen MR) is 75.6 cm³/mol. The maximum Gasteiger partial charge on any atom is 0.262 e. The molecule has 0 saturated heterocycles. The summed E-state index contributed by atoms with van der Waals surface area (Å²) in [6.07, 6.45) is 2.55. The highest BCUT2D eigenvalue weighted by Crippen LogP contribution is 2.29. The van der Waals surface area contributed by atoms with Gasteiger partial charge in [0.2, 0.25) is 5.88 Å². The number of nitrogens with zero attached hydrogens (tertiary/aromatic N) is 1. The zero-order chi connectivity index (χ0) is 13.8. The van der Waals surface area contributed by atoms with Gasteiger partial charge in [-0.05, 0) is 12.5 Å². The van der Waals surface area contributed by atoms with E-state index in [4.69, 9.17) is 11.6 Å². The number of aromatic amines is 1. The Bertz CT molecular complexity index is 638. The van der Waals surface area contributed by atoms with Crippen LogP contribution in [0.3, 0.4) is 0 Å². The third-order valence-corrected chi connectivity index (χ3v) is 3.19. The van der Waals surface area contributed by atoms with Gasteiger partial charge in [-0.3, -0.25) is 4.79 Å². The molecule has 0 spiro atoms. The summed E-state index contributed by atoms with van der Waals surface area (Å²) < 4.78 is 0. The lowest BCUT2D eigenvalue weighted by molar-refractivity contribution is 0.449. The number of rotatable bonds is 4. The molecule has 0 aliphatic rings. The molecule has 0 aliphatic carbocycles. The van der Waals surface area contributed by atoms with Crippen molar-refractivity contribution in [2.45, 2.75) is 26.2 Å². The van der Waals surface area contributed by atoms with Gasteiger partial charge in [-0.2, -0.15) is 4.98 Å². The highest BCUT2D eigenvalue weighted by Gasteiger charge is 2.15. The largest absolute Gasteiger partial charge is 0.493 e. The van der Waals surface area contributed by atoms with E-state index < -0.39 is 0 Å². The zero-order valence-corrected chi connectivity index (χ0v) is 11.4. The number of H-pyrrole nitrogens is 1. The molecule has 0 radical (unpaired) electrons. The number of hydrogen-bond donors (Lipinski definition) is 2. The minimum absolute atomic E-state index is 0.117. The Balaban J connectivity index is 2.49. The summed E-state index contributed by atoms with van der Waals surface area (Å²) in [6, 6.07) is 6.87. The van der Waals surface area contributed by atoms with Gasteiger partial charge in [-0.15, -0.1) is 0 Å². The highest BCUT2D eigenvalue weighted by molar-refractivity contribution is 6.33. The molecule has 0 fully saturated rings. The number of unbranched alkanes of at least 4 members (excludes halogenated alkanes) is 1. The van der Waals surface area contributed by atoms with Crippen LogP contribution in [0, 0.1) is 0 Å². The Labute approximate surface area is 116 Å². The first-order valence-electron chi connectivity index (χ1n) is 6.20. The van der Waals surface area contributed by atoms with Crippen molar-refractivity contribution >= 4 is 11.6 Å². The van der Waals surface area contributed by atoms with Crippen LogP contribution in [0.4, 0.5) is 0 Å². The summed E-state index contributed by atoms with van der Waals surface area (Å²) >= 11 is 6.03. The molecule has 1 heterocycles. The van der Waals surface area contributed by atoms with Crippen LogP contribution in [-0.2, 0) is 6.42 Å². The maximum atomic E-state index is 12.1. The molecule has 0 unspecified atom stereocenters. The molecule has 4 nitrogen and oxygen atoms in total. The van der Waals surface area contributed by atoms with Gasteiger partial charge in [0.15, 0.2) is 0 Å². The van der Waals surface area contributed by atoms with Crippen LogP contribution in [0.1, 0.15) is 25.6 Å². The minimum atomic E-state index is -0.369. The Morgan fingerprint density at radius 3 is 2.74 bits per heavy atom. The number of halogens is 1. The maximum absolute atomic E-state index is 12.1. The van der Waals surface area contributed by atoms with E-state index in [9.17, 15) is 9.90 Å². The molecule has 2 N–H and O–H groups in total. The quantitative estimate of drug-likeness (QED) is 0.903. The van der Waals surface area contributed by atoms with Gasteiger partial charge in [-0.25, -0.2) is 0 Å². The number of nitrogens with one attached hydrogen (secondary N) is 1. The molecule has 1 aromatic heterocycles. The number of aromatic hydroxyl groups is 1. The van der Waals surface area contributed by atoms with E-state index in [-0.39, 0.29) is 17.0 Å². The molecular weight excluding hydrogens is 264 g/mol. The average molecular weight is 279 g/mol. The summed E-state index contributed by atoms with van der Waals surface area (Å²) in [5, 5.41) is 10.4. The molecule has 0 atom stereocenters. The Morgan fingerprint density at radius 2 is 2.11 bits per heavy atom. The molecule has 0 amide bonds. The Morgan fingerprint density at radius 1 is 1.37 bits per heavy atom. The monoisotopic (exact) mass is 278 g/mol. The second kappa shape index (κ2) is 5.89. The number of aryl methyl sites for hydroxylation is 1. The minimum Gasteiger partial charge on any atom is -0.493 e. The van der Waals surface area contributed by atoms with Crippen LogP contribution in [0.25, 0.3) is 11.1 Å². The third kappa shape index (κ3) is 2.96. The van der Waals surface area contributed by atoms with Crippen LogP contribution in [-0.4, -0.2) is 15.1 Å². The van der Waals surface area contributed by atoms with E-state index in [1.165, 1.54) is 0 Å². The van der Waals surface area contributed by atoms with Crippen LogP contribution in [0.5, 0.6) is 5.88 Å². The van der Waals surface area contributed by atoms with E-state index in [1.807, 2.05) is 0 Å². The van der Waals surface area contributed by atoms with Gasteiger partial charge < -0.3 is 10.1 Å².